The number of hydrogen-bond donors (Lipinski definition) is 0. The van der Waals surface area contributed by atoms with Crippen LogP contribution in [0, 0.1) is 19.8 Å². The lowest BCUT2D eigenvalue weighted by atomic mass is 10.0. The Bertz CT molecular complexity index is 697. The van der Waals surface area contributed by atoms with Crippen molar-refractivity contribution in [2.75, 3.05) is 19.1 Å². The largest absolute Gasteiger partial charge is 0.496 e. The third-order valence-electron chi connectivity index (χ3n) is 4.13. The highest BCUT2D eigenvalue weighted by molar-refractivity contribution is 5.97. The minimum Gasteiger partial charge on any atom is -0.496 e. The van der Waals surface area contributed by atoms with Gasteiger partial charge in [-0.2, -0.15) is 0 Å². The lowest BCUT2D eigenvalue weighted by molar-refractivity contribution is -0.119. The summed E-state index contributed by atoms with van der Waals surface area (Å²) in [5.41, 5.74) is 3.48. The van der Waals surface area contributed by atoms with Gasteiger partial charge in [-0.1, -0.05) is 5.16 Å². The summed E-state index contributed by atoms with van der Waals surface area (Å²) in [7, 11) is 3.45. The Morgan fingerprint density at radius 1 is 1.36 bits per heavy atom. The average molecular weight is 300 g/mol. The molecule has 22 heavy (non-hydrogen) atoms. The zero-order valence-electron chi connectivity index (χ0n) is 13.3. The van der Waals surface area contributed by atoms with Crippen LogP contribution in [-0.4, -0.2) is 25.2 Å². The summed E-state index contributed by atoms with van der Waals surface area (Å²) < 4.78 is 10.7. The van der Waals surface area contributed by atoms with E-state index in [0.717, 1.165) is 46.9 Å². The number of ether oxygens (including phenoxy) is 1. The number of benzene rings is 1. The molecule has 5 nitrogen and oxygen atoms in total. The molecule has 1 amide bonds. The molecule has 2 aromatic rings. The Morgan fingerprint density at radius 2 is 2.09 bits per heavy atom. The quantitative estimate of drug-likeness (QED) is 0.869. The normalized spacial score (nSPS) is 14.0. The highest BCUT2D eigenvalue weighted by Crippen LogP contribution is 2.38. The predicted molar refractivity (Wildman–Crippen MR) is 84.1 cm³/mol. The molecule has 0 aliphatic heterocycles. The number of nitrogens with zero attached hydrogens (tertiary/aromatic N) is 2. The van der Waals surface area contributed by atoms with Crippen molar-refractivity contribution in [3.8, 4) is 16.9 Å². The fourth-order valence-electron chi connectivity index (χ4n) is 2.70. The standard InChI is InChI=1S/C17H20N2O3/c1-10-16(11(2)22-18-10)14-9-13(7-8-15(14)21-4)19(3)17(20)12-5-6-12/h7-9,12H,5-6H2,1-4H3. The summed E-state index contributed by atoms with van der Waals surface area (Å²) in [6.07, 6.45) is 1.99. The monoisotopic (exact) mass is 300 g/mol. The number of amides is 1. The summed E-state index contributed by atoms with van der Waals surface area (Å²) in [4.78, 5) is 14.0. The molecule has 0 atom stereocenters. The number of aromatic nitrogens is 1. The number of hydrogen-bond acceptors (Lipinski definition) is 4. The Hall–Kier alpha value is -2.30. The van der Waals surface area contributed by atoms with Crippen LogP contribution in [0.4, 0.5) is 5.69 Å². The minimum absolute atomic E-state index is 0.176. The van der Waals surface area contributed by atoms with E-state index in [1.54, 1.807) is 12.0 Å². The molecule has 1 fully saturated rings. The second-order valence-corrected chi connectivity index (χ2v) is 5.76. The fraction of sp³-hybridized carbons (Fsp3) is 0.412. The maximum Gasteiger partial charge on any atom is 0.229 e. The molecule has 0 radical (unpaired) electrons. The van der Waals surface area contributed by atoms with E-state index in [-0.39, 0.29) is 11.8 Å². The topological polar surface area (TPSA) is 55.6 Å². The number of aryl methyl sites for hydroxylation is 2. The van der Waals surface area contributed by atoms with Crippen LogP contribution in [0.2, 0.25) is 0 Å². The van der Waals surface area contributed by atoms with Crippen molar-refractivity contribution in [3.05, 3.63) is 29.7 Å². The van der Waals surface area contributed by atoms with E-state index in [4.69, 9.17) is 9.26 Å². The molecule has 1 saturated carbocycles. The van der Waals surface area contributed by atoms with Crippen LogP contribution in [-0.2, 0) is 4.79 Å². The second kappa shape index (κ2) is 5.48. The summed E-state index contributed by atoms with van der Waals surface area (Å²) in [5, 5.41) is 4.00. The molecule has 0 saturated heterocycles. The number of methoxy groups -OCH3 is 1. The Morgan fingerprint density at radius 3 is 2.64 bits per heavy atom. The average Bonchev–Trinajstić information content (AvgIpc) is 3.31. The van der Waals surface area contributed by atoms with Gasteiger partial charge >= 0.3 is 0 Å². The van der Waals surface area contributed by atoms with E-state index in [9.17, 15) is 4.79 Å². The zero-order valence-corrected chi connectivity index (χ0v) is 13.3. The van der Waals surface area contributed by atoms with Gasteiger partial charge in [0, 0.05) is 24.2 Å². The van der Waals surface area contributed by atoms with E-state index >= 15 is 0 Å². The number of anilines is 1. The Kier molecular flexibility index (Phi) is 3.64. The first-order valence-corrected chi connectivity index (χ1v) is 7.41. The summed E-state index contributed by atoms with van der Waals surface area (Å²) in [6.45, 7) is 3.78. The highest BCUT2D eigenvalue weighted by Gasteiger charge is 2.32. The first-order chi connectivity index (χ1) is 10.5. The predicted octanol–water partition coefficient (Wildman–Crippen LogP) is 3.34. The molecule has 1 aromatic heterocycles. The molecule has 1 aliphatic rings. The van der Waals surface area contributed by atoms with Crippen molar-refractivity contribution >= 4 is 11.6 Å². The molecule has 5 heteroatoms. The van der Waals surface area contributed by atoms with E-state index in [2.05, 4.69) is 5.16 Å². The zero-order chi connectivity index (χ0) is 15.9. The summed E-state index contributed by atoms with van der Waals surface area (Å²) in [5.74, 6) is 1.85. The maximum absolute atomic E-state index is 12.3. The molecule has 0 spiro atoms. The van der Waals surface area contributed by atoms with Crippen LogP contribution in [0.25, 0.3) is 11.1 Å². The summed E-state index contributed by atoms with van der Waals surface area (Å²) in [6, 6.07) is 5.75. The van der Waals surface area contributed by atoms with E-state index < -0.39 is 0 Å². The van der Waals surface area contributed by atoms with Crippen LogP contribution in [0.15, 0.2) is 22.7 Å². The van der Waals surface area contributed by atoms with Crippen molar-refractivity contribution in [1.82, 2.24) is 5.16 Å². The molecular formula is C17H20N2O3. The minimum atomic E-state index is 0.176. The van der Waals surface area contributed by atoms with Gasteiger partial charge in [0.2, 0.25) is 5.91 Å². The number of rotatable bonds is 4. The summed E-state index contributed by atoms with van der Waals surface area (Å²) >= 11 is 0. The smallest absolute Gasteiger partial charge is 0.229 e. The molecular weight excluding hydrogens is 280 g/mol. The number of carbonyl (C=O) groups is 1. The van der Waals surface area contributed by atoms with Gasteiger partial charge < -0.3 is 14.2 Å². The first kappa shape index (κ1) is 14.6. The second-order valence-electron chi connectivity index (χ2n) is 5.76. The van der Waals surface area contributed by atoms with Gasteiger partial charge in [0.15, 0.2) is 0 Å². The van der Waals surface area contributed by atoms with Crippen molar-refractivity contribution in [2.24, 2.45) is 5.92 Å². The van der Waals surface area contributed by atoms with Crippen LogP contribution in [0.1, 0.15) is 24.3 Å². The third-order valence-corrected chi connectivity index (χ3v) is 4.13. The van der Waals surface area contributed by atoms with Crippen LogP contribution in [0.3, 0.4) is 0 Å². The van der Waals surface area contributed by atoms with Crippen LogP contribution < -0.4 is 9.64 Å². The molecule has 1 aliphatic carbocycles. The molecule has 0 N–H and O–H groups in total. The highest BCUT2D eigenvalue weighted by atomic mass is 16.5. The van der Waals surface area contributed by atoms with Gasteiger partial charge in [0.05, 0.1) is 18.4 Å². The van der Waals surface area contributed by atoms with Gasteiger partial charge in [0.1, 0.15) is 11.5 Å². The molecule has 0 unspecified atom stereocenters. The van der Waals surface area contributed by atoms with Crippen LogP contribution in [0.5, 0.6) is 5.75 Å². The van der Waals surface area contributed by atoms with Crippen LogP contribution >= 0.6 is 0 Å². The van der Waals surface area contributed by atoms with Crippen molar-refractivity contribution in [2.45, 2.75) is 26.7 Å². The fourth-order valence-corrected chi connectivity index (χ4v) is 2.70. The van der Waals surface area contributed by atoms with Gasteiger partial charge in [-0.15, -0.1) is 0 Å². The van der Waals surface area contributed by atoms with Crippen molar-refractivity contribution < 1.29 is 14.1 Å². The maximum atomic E-state index is 12.3. The molecule has 116 valence electrons. The molecule has 0 bridgehead atoms. The van der Waals surface area contributed by atoms with E-state index in [0.29, 0.717) is 0 Å². The lowest BCUT2D eigenvalue weighted by Gasteiger charge is -2.19. The van der Waals surface area contributed by atoms with Gasteiger partial charge in [0.25, 0.3) is 0 Å². The Balaban J connectivity index is 2.05. The lowest BCUT2D eigenvalue weighted by Crippen LogP contribution is -2.27. The van der Waals surface area contributed by atoms with E-state index in [1.807, 2.05) is 39.1 Å². The molecule has 1 aromatic carbocycles. The van der Waals surface area contributed by atoms with Gasteiger partial charge in [-0.25, -0.2) is 0 Å². The van der Waals surface area contributed by atoms with E-state index in [1.165, 1.54) is 0 Å². The van der Waals surface area contributed by atoms with Crippen molar-refractivity contribution in [3.63, 3.8) is 0 Å². The Labute approximate surface area is 129 Å². The first-order valence-electron chi connectivity index (χ1n) is 7.41. The third kappa shape index (κ3) is 2.47. The molecule has 1 heterocycles. The van der Waals surface area contributed by atoms with Gasteiger partial charge in [-0.3, -0.25) is 4.79 Å². The van der Waals surface area contributed by atoms with Gasteiger partial charge in [-0.05, 0) is 44.9 Å². The SMILES string of the molecule is COc1ccc(N(C)C(=O)C2CC2)cc1-c1c(C)noc1C. The van der Waals surface area contributed by atoms with Crippen molar-refractivity contribution in [1.29, 1.82) is 0 Å². The number of carbonyl (C=O) groups excluding carboxylic acids is 1. The molecule has 3 rings (SSSR count).